The lowest BCUT2D eigenvalue weighted by Crippen LogP contribution is -2.28. The third-order valence-electron chi connectivity index (χ3n) is 0.765. The van der Waals surface area contributed by atoms with Crippen molar-refractivity contribution in [3.05, 3.63) is 0 Å². The van der Waals surface area contributed by atoms with Crippen LogP contribution >= 0.6 is 0 Å². The smallest absolute Gasteiger partial charge is 0.244 e. The fourth-order valence-electron chi connectivity index (χ4n) is 0.501. The highest BCUT2D eigenvalue weighted by molar-refractivity contribution is 4.72. The Balaban J connectivity index is 3.89. The van der Waals surface area contributed by atoms with Crippen molar-refractivity contribution in [2.75, 3.05) is 6.67 Å². The van der Waals surface area contributed by atoms with Gasteiger partial charge in [-0.2, -0.15) is 0 Å². The average molecular weight is 162 g/mol. The van der Waals surface area contributed by atoms with Gasteiger partial charge in [-0.15, -0.1) is 0 Å². The first kappa shape index (κ1) is 9.65. The van der Waals surface area contributed by atoms with Crippen molar-refractivity contribution in [1.82, 2.24) is 0 Å². The van der Waals surface area contributed by atoms with Crippen LogP contribution in [0.15, 0.2) is 0 Å². The number of hydrogen-bond acceptors (Lipinski definition) is 0. The molecule has 5 heteroatoms. The summed E-state index contributed by atoms with van der Waals surface area (Å²) in [5.74, 6) is -7.40. The zero-order valence-corrected chi connectivity index (χ0v) is 5.30. The van der Waals surface area contributed by atoms with Gasteiger partial charge in [-0.1, -0.05) is 0 Å². The number of alkyl halides is 5. The number of hydrogen-bond donors (Lipinski definition) is 0. The van der Waals surface area contributed by atoms with E-state index in [-0.39, 0.29) is 0 Å². The Labute approximate surface area is 55.0 Å². The minimum Gasteiger partial charge on any atom is -0.244 e. The molecule has 0 atom stereocenters. The Morgan fingerprint density at radius 2 is 1.50 bits per heavy atom. The molecule has 0 heterocycles. The lowest BCUT2D eigenvalue weighted by Gasteiger charge is -2.16. The molecule has 0 unspecified atom stereocenters. The van der Waals surface area contributed by atoms with E-state index in [1.165, 1.54) is 0 Å². The molecule has 62 valence electrons. The van der Waals surface area contributed by atoms with Gasteiger partial charge in [0.25, 0.3) is 11.8 Å². The second-order valence-electron chi connectivity index (χ2n) is 2.24. The van der Waals surface area contributed by atoms with Gasteiger partial charge in [0.1, 0.15) is 0 Å². The van der Waals surface area contributed by atoms with Gasteiger partial charge in [0.15, 0.2) is 6.67 Å². The monoisotopic (exact) mass is 162 g/mol. The van der Waals surface area contributed by atoms with Crippen LogP contribution in [0.4, 0.5) is 22.0 Å². The Kier molecular flexibility index (Phi) is 2.62. The van der Waals surface area contributed by atoms with E-state index in [1.54, 1.807) is 0 Å². The summed E-state index contributed by atoms with van der Waals surface area (Å²) >= 11 is 0. The molecule has 0 radical (unpaired) electrons. The third kappa shape index (κ3) is 4.52. The topological polar surface area (TPSA) is 0 Å². The standard InChI is InChI=1S/C5H7F5/c1-4(7,8)2-5(9,10)3-6/h2-3H2,1H3. The zero-order valence-electron chi connectivity index (χ0n) is 5.30. The number of rotatable bonds is 3. The summed E-state index contributed by atoms with van der Waals surface area (Å²) in [6.07, 6.45) is -1.73. The van der Waals surface area contributed by atoms with Crippen LogP contribution in [0.5, 0.6) is 0 Å². The predicted octanol–water partition coefficient (Wildman–Crippen LogP) is 2.64. The minimum absolute atomic E-state index is 0.330. The Morgan fingerprint density at radius 3 is 1.60 bits per heavy atom. The fraction of sp³-hybridized carbons (Fsp3) is 1.00. The van der Waals surface area contributed by atoms with Gasteiger partial charge in [0.2, 0.25) is 0 Å². The van der Waals surface area contributed by atoms with Crippen LogP contribution < -0.4 is 0 Å². The molecule has 0 aliphatic heterocycles. The van der Waals surface area contributed by atoms with Crippen molar-refractivity contribution >= 4 is 0 Å². The van der Waals surface area contributed by atoms with Crippen LogP contribution in [-0.4, -0.2) is 18.5 Å². The molecule has 0 aromatic rings. The lowest BCUT2D eigenvalue weighted by molar-refractivity contribution is -0.110. The lowest BCUT2D eigenvalue weighted by atomic mass is 10.2. The zero-order chi connectivity index (χ0) is 8.41. The van der Waals surface area contributed by atoms with Crippen molar-refractivity contribution in [2.45, 2.75) is 25.2 Å². The van der Waals surface area contributed by atoms with Crippen molar-refractivity contribution in [3.63, 3.8) is 0 Å². The van der Waals surface area contributed by atoms with Gasteiger partial charge < -0.3 is 0 Å². The summed E-state index contributed by atoms with van der Waals surface area (Å²) in [6, 6.07) is 0. The van der Waals surface area contributed by atoms with E-state index in [0.717, 1.165) is 0 Å². The Morgan fingerprint density at radius 1 is 1.10 bits per heavy atom. The highest BCUT2D eigenvalue weighted by Gasteiger charge is 2.39. The van der Waals surface area contributed by atoms with Gasteiger partial charge in [-0.3, -0.25) is 0 Å². The van der Waals surface area contributed by atoms with Gasteiger partial charge in [-0.05, 0) is 6.92 Å². The number of halogens is 5. The van der Waals surface area contributed by atoms with Crippen molar-refractivity contribution in [3.8, 4) is 0 Å². The first-order chi connectivity index (χ1) is 4.27. The van der Waals surface area contributed by atoms with E-state index in [2.05, 4.69) is 0 Å². The molecule has 0 aromatic heterocycles. The van der Waals surface area contributed by atoms with Crippen LogP contribution in [0.3, 0.4) is 0 Å². The summed E-state index contributed by atoms with van der Waals surface area (Å²) in [5.41, 5.74) is 0. The maximum atomic E-state index is 11.8. The average Bonchev–Trinajstić information content (AvgIpc) is 1.60. The minimum atomic E-state index is -3.89. The molecule has 0 N–H and O–H groups in total. The molecule has 10 heavy (non-hydrogen) atoms. The van der Waals surface area contributed by atoms with Gasteiger partial charge in [0.05, 0.1) is 6.42 Å². The van der Waals surface area contributed by atoms with Crippen LogP contribution in [-0.2, 0) is 0 Å². The summed E-state index contributed by atoms with van der Waals surface area (Å²) < 4.78 is 58.3. The molecule has 0 rings (SSSR count). The summed E-state index contributed by atoms with van der Waals surface area (Å²) in [6.45, 7) is -1.70. The summed E-state index contributed by atoms with van der Waals surface area (Å²) in [4.78, 5) is 0. The normalized spacial score (nSPS) is 13.8. The maximum Gasteiger partial charge on any atom is 0.281 e. The predicted molar refractivity (Wildman–Crippen MR) is 26.2 cm³/mol. The molecule has 0 aliphatic carbocycles. The molecule has 0 spiro atoms. The second-order valence-corrected chi connectivity index (χ2v) is 2.24. The van der Waals surface area contributed by atoms with Gasteiger partial charge in [-0.25, -0.2) is 22.0 Å². The van der Waals surface area contributed by atoms with Crippen LogP contribution in [0.2, 0.25) is 0 Å². The summed E-state index contributed by atoms with van der Waals surface area (Å²) in [5, 5.41) is 0. The Hall–Kier alpha value is -0.350. The maximum absolute atomic E-state index is 11.8. The Bertz CT molecular complexity index is 103. The molecule has 0 nitrogen and oxygen atoms in total. The quantitative estimate of drug-likeness (QED) is 0.559. The molecule has 0 aliphatic rings. The van der Waals surface area contributed by atoms with Crippen molar-refractivity contribution < 1.29 is 22.0 Å². The third-order valence-corrected chi connectivity index (χ3v) is 0.765. The molecule has 0 fully saturated rings. The first-order valence-electron chi connectivity index (χ1n) is 2.58. The van der Waals surface area contributed by atoms with E-state index in [1.807, 2.05) is 0 Å². The molecule has 0 aromatic carbocycles. The van der Waals surface area contributed by atoms with Gasteiger partial charge in [0, 0.05) is 0 Å². The highest BCUT2D eigenvalue weighted by Crippen LogP contribution is 2.29. The van der Waals surface area contributed by atoms with Crippen molar-refractivity contribution in [1.29, 1.82) is 0 Å². The molecule has 0 saturated heterocycles. The fourth-order valence-corrected chi connectivity index (χ4v) is 0.501. The molecule has 0 saturated carbocycles. The molecule has 0 amide bonds. The van der Waals surface area contributed by atoms with Crippen LogP contribution in [0.1, 0.15) is 13.3 Å². The van der Waals surface area contributed by atoms with E-state index in [4.69, 9.17) is 0 Å². The van der Waals surface area contributed by atoms with Gasteiger partial charge >= 0.3 is 0 Å². The summed E-state index contributed by atoms with van der Waals surface area (Å²) in [7, 11) is 0. The molecule has 0 bridgehead atoms. The SMILES string of the molecule is CC(F)(F)CC(F)(F)CF. The van der Waals surface area contributed by atoms with E-state index in [0.29, 0.717) is 6.92 Å². The van der Waals surface area contributed by atoms with Crippen LogP contribution in [0.25, 0.3) is 0 Å². The largest absolute Gasteiger partial charge is 0.281 e. The van der Waals surface area contributed by atoms with E-state index >= 15 is 0 Å². The van der Waals surface area contributed by atoms with Crippen LogP contribution in [0, 0.1) is 0 Å². The second kappa shape index (κ2) is 2.72. The first-order valence-corrected chi connectivity index (χ1v) is 2.58. The molecular weight excluding hydrogens is 155 g/mol. The molecular formula is C5H7F5. The van der Waals surface area contributed by atoms with Crippen molar-refractivity contribution in [2.24, 2.45) is 0 Å². The van der Waals surface area contributed by atoms with E-state index < -0.39 is 24.9 Å². The van der Waals surface area contributed by atoms with E-state index in [9.17, 15) is 22.0 Å². The highest BCUT2D eigenvalue weighted by atomic mass is 19.3.